The summed E-state index contributed by atoms with van der Waals surface area (Å²) < 4.78 is 11.3. The Morgan fingerprint density at radius 2 is 1.77 bits per heavy atom. The highest BCUT2D eigenvalue weighted by atomic mass is 16.6. The Morgan fingerprint density at radius 1 is 1.13 bits per heavy atom. The number of aliphatic hydroxyl groups is 1. The number of carbonyl (C=O) groups is 3. The molecule has 5 rings (SSSR count). The molecule has 1 saturated heterocycles. The number of cyclic esters (lactones) is 2. The number of ether oxygens (including phenoxy) is 2. The van der Waals surface area contributed by atoms with Crippen LogP contribution >= 0.6 is 0 Å². The molecule has 6 nitrogen and oxygen atoms in total. The first-order chi connectivity index (χ1) is 14.2. The van der Waals surface area contributed by atoms with Crippen LogP contribution in [0.3, 0.4) is 0 Å². The molecule has 31 heavy (non-hydrogen) atoms. The van der Waals surface area contributed by atoms with Crippen LogP contribution in [0.15, 0.2) is 35.5 Å². The van der Waals surface area contributed by atoms with Crippen LogP contribution in [0.4, 0.5) is 0 Å². The van der Waals surface area contributed by atoms with Gasteiger partial charge < -0.3 is 14.6 Å². The predicted octanol–water partition coefficient (Wildman–Crippen LogP) is 3.19. The summed E-state index contributed by atoms with van der Waals surface area (Å²) in [5.74, 6) is -1.31. The van der Waals surface area contributed by atoms with Crippen LogP contribution in [0, 0.1) is 21.7 Å². The van der Waals surface area contributed by atoms with Crippen molar-refractivity contribution in [3.63, 3.8) is 0 Å². The molecule has 2 aliphatic heterocycles. The lowest BCUT2D eigenvalue weighted by atomic mass is 9.42. The van der Waals surface area contributed by atoms with Gasteiger partial charge in [-0.15, -0.1) is 0 Å². The van der Waals surface area contributed by atoms with E-state index in [4.69, 9.17) is 9.47 Å². The number of rotatable bonds is 0. The van der Waals surface area contributed by atoms with Gasteiger partial charge in [-0.2, -0.15) is 0 Å². The number of hydrogen-bond donors (Lipinski definition) is 1. The van der Waals surface area contributed by atoms with E-state index >= 15 is 0 Å². The average molecular weight is 427 g/mol. The second-order valence-corrected chi connectivity index (χ2v) is 11.1. The molecule has 0 amide bonds. The van der Waals surface area contributed by atoms with E-state index in [0.717, 1.165) is 11.1 Å². The van der Waals surface area contributed by atoms with Gasteiger partial charge in [0.15, 0.2) is 11.4 Å². The van der Waals surface area contributed by atoms with E-state index in [-0.39, 0.29) is 11.8 Å². The molecule has 2 bridgehead atoms. The maximum absolute atomic E-state index is 13.8. The van der Waals surface area contributed by atoms with E-state index in [0.29, 0.717) is 24.8 Å². The Hall–Kier alpha value is -2.21. The molecule has 0 aromatic rings. The van der Waals surface area contributed by atoms with E-state index < -0.39 is 44.9 Å². The zero-order valence-electron chi connectivity index (χ0n) is 19.0. The zero-order valence-corrected chi connectivity index (χ0v) is 19.0. The van der Waals surface area contributed by atoms with Gasteiger partial charge >= 0.3 is 11.9 Å². The second kappa shape index (κ2) is 5.22. The summed E-state index contributed by atoms with van der Waals surface area (Å²) in [5, 5.41) is 11.9. The third-order valence-electron chi connectivity index (χ3n) is 9.82. The third-order valence-corrected chi connectivity index (χ3v) is 9.82. The molecule has 3 aliphatic carbocycles. The predicted molar refractivity (Wildman–Crippen MR) is 112 cm³/mol. The lowest BCUT2D eigenvalue weighted by Gasteiger charge is -2.60. The maximum atomic E-state index is 13.8. The summed E-state index contributed by atoms with van der Waals surface area (Å²) in [4.78, 5) is 39.3. The molecule has 2 heterocycles. The standard InChI is InChI=1S/C25H30O6/c1-13-16-12-21(6)14(2)24(19(28)30-15(3)25(24,29)18(21)27)22(16,7)10-11-23(13)9-8-17(26)31-20(23,4)5/h8-9,15,29H,2,10-12H2,1,3-7H3. The van der Waals surface area contributed by atoms with Crippen molar-refractivity contribution in [1.29, 1.82) is 0 Å². The number of fused-ring (bicyclic) bond motifs is 2. The van der Waals surface area contributed by atoms with Crippen molar-refractivity contribution < 1.29 is 29.0 Å². The largest absolute Gasteiger partial charge is 0.458 e. The first kappa shape index (κ1) is 20.7. The highest BCUT2D eigenvalue weighted by molar-refractivity contribution is 6.11. The molecule has 6 unspecified atom stereocenters. The monoisotopic (exact) mass is 426 g/mol. The Kier molecular flexibility index (Phi) is 3.48. The van der Waals surface area contributed by atoms with Gasteiger partial charge in [0, 0.05) is 16.9 Å². The lowest BCUT2D eigenvalue weighted by molar-refractivity contribution is -0.166. The summed E-state index contributed by atoms with van der Waals surface area (Å²) in [6.45, 7) is 15.4. The number of hydrogen-bond acceptors (Lipinski definition) is 6. The molecule has 166 valence electrons. The number of allylic oxidation sites excluding steroid dienone is 1. The van der Waals surface area contributed by atoms with E-state index in [2.05, 4.69) is 6.58 Å². The van der Waals surface area contributed by atoms with Crippen molar-refractivity contribution in [3.05, 3.63) is 35.5 Å². The molecule has 1 N–H and O–H groups in total. The molecule has 2 spiro atoms. The minimum absolute atomic E-state index is 0.373. The van der Waals surface area contributed by atoms with Gasteiger partial charge in [0.25, 0.3) is 0 Å². The number of ketones is 1. The summed E-state index contributed by atoms with van der Waals surface area (Å²) in [5.41, 5.74) is -4.23. The molecular weight excluding hydrogens is 396 g/mol. The van der Waals surface area contributed by atoms with Crippen molar-refractivity contribution in [2.75, 3.05) is 0 Å². The summed E-state index contributed by atoms with van der Waals surface area (Å²) in [7, 11) is 0. The highest BCUT2D eigenvalue weighted by Gasteiger charge is 2.87. The third kappa shape index (κ3) is 1.72. The highest BCUT2D eigenvalue weighted by Crippen LogP contribution is 2.78. The van der Waals surface area contributed by atoms with E-state index in [1.807, 2.05) is 33.8 Å². The quantitative estimate of drug-likeness (QED) is 0.473. The summed E-state index contributed by atoms with van der Waals surface area (Å²) >= 11 is 0. The van der Waals surface area contributed by atoms with Crippen molar-refractivity contribution >= 4 is 17.7 Å². The van der Waals surface area contributed by atoms with Gasteiger partial charge in [0.1, 0.15) is 17.1 Å². The summed E-state index contributed by atoms with van der Waals surface area (Å²) in [6, 6.07) is 0. The van der Waals surface area contributed by atoms with Crippen molar-refractivity contribution in [2.45, 2.75) is 78.1 Å². The van der Waals surface area contributed by atoms with E-state index in [1.165, 1.54) is 6.08 Å². The molecule has 6 atom stereocenters. The average Bonchev–Trinajstić information content (AvgIpc) is 2.93. The van der Waals surface area contributed by atoms with E-state index in [9.17, 15) is 19.5 Å². The Bertz CT molecular complexity index is 1060. The van der Waals surface area contributed by atoms with Crippen LogP contribution in [-0.4, -0.2) is 40.1 Å². The normalized spacial score (nSPS) is 49.8. The van der Waals surface area contributed by atoms with Crippen molar-refractivity contribution in [1.82, 2.24) is 0 Å². The first-order valence-electron chi connectivity index (χ1n) is 11.0. The molecule has 0 aromatic heterocycles. The van der Waals surface area contributed by atoms with Gasteiger partial charge in [-0.3, -0.25) is 9.59 Å². The minimum atomic E-state index is -1.94. The minimum Gasteiger partial charge on any atom is -0.458 e. The lowest BCUT2D eigenvalue weighted by Crippen LogP contribution is -2.63. The van der Waals surface area contributed by atoms with Crippen LogP contribution < -0.4 is 0 Å². The molecule has 6 heteroatoms. The van der Waals surface area contributed by atoms with Gasteiger partial charge in [0.2, 0.25) is 0 Å². The topological polar surface area (TPSA) is 89.9 Å². The maximum Gasteiger partial charge on any atom is 0.331 e. The summed E-state index contributed by atoms with van der Waals surface area (Å²) in [6.07, 6.45) is 3.98. The van der Waals surface area contributed by atoms with Gasteiger partial charge in [-0.25, -0.2) is 4.79 Å². The molecular formula is C25H30O6. The van der Waals surface area contributed by atoms with E-state index in [1.54, 1.807) is 13.8 Å². The van der Waals surface area contributed by atoms with Gasteiger partial charge in [-0.1, -0.05) is 30.7 Å². The fourth-order valence-corrected chi connectivity index (χ4v) is 7.95. The molecule has 0 aromatic carbocycles. The molecule has 2 saturated carbocycles. The van der Waals surface area contributed by atoms with Crippen LogP contribution in [0.25, 0.3) is 0 Å². The van der Waals surface area contributed by atoms with Gasteiger partial charge in [0.05, 0.1) is 5.41 Å². The molecule has 5 aliphatic rings. The van der Waals surface area contributed by atoms with Crippen LogP contribution in [0.1, 0.15) is 60.8 Å². The van der Waals surface area contributed by atoms with Crippen LogP contribution in [0.2, 0.25) is 0 Å². The SMILES string of the molecule is C=C1C2(C)CC3=C(C)C4(C=CC(=O)OC4(C)C)CCC3(C)C13C(=O)OC(C)C3(O)C2=O. The van der Waals surface area contributed by atoms with Crippen LogP contribution in [0.5, 0.6) is 0 Å². The van der Waals surface area contributed by atoms with Crippen molar-refractivity contribution in [3.8, 4) is 0 Å². The van der Waals surface area contributed by atoms with Crippen LogP contribution in [-0.2, 0) is 23.9 Å². The second-order valence-electron chi connectivity index (χ2n) is 11.1. The Balaban J connectivity index is 1.85. The first-order valence-corrected chi connectivity index (χ1v) is 11.0. The molecule has 3 fully saturated rings. The fraction of sp³-hybridized carbons (Fsp3) is 0.640. The zero-order chi connectivity index (χ0) is 23.0. The smallest absolute Gasteiger partial charge is 0.331 e. The van der Waals surface area contributed by atoms with Gasteiger partial charge in [-0.05, 0) is 59.5 Å². The molecule has 0 radical (unpaired) electrons. The number of Topliss-reactive ketones (excluding diaryl/α,β-unsaturated/α-hetero) is 1. The number of esters is 2. The Labute approximate surface area is 182 Å². The Morgan fingerprint density at radius 3 is 2.39 bits per heavy atom. The van der Waals surface area contributed by atoms with Crippen molar-refractivity contribution in [2.24, 2.45) is 21.7 Å². The fourth-order valence-electron chi connectivity index (χ4n) is 7.95. The number of carbonyl (C=O) groups excluding carboxylic acids is 3.